The fraction of sp³-hybridized carbons (Fsp3) is 0.731. The van der Waals surface area contributed by atoms with E-state index >= 15 is 0 Å². The average Bonchev–Trinajstić information content (AvgIpc) is 1.80. The molecule has 2 aromatic carbocycles. The third kappa shape index (κ3) is 25.3. The number of carbonyl (C=O) groups is 9. The quantitative estimate of drug-likeness (QED) is 0.0346. The SMILES string of the molecule is CC[C@H](C)[C@@H]([C@@H](CC(=O)N1CCC[C@H]1[C@H](OC)[C@@H](C)C(=O)N[C@@H](Cc1ccccc1)C(=O)O)OC)N(C)C(=O)[C@@H](NC(=O)[C@@H](NC)C(C)C)C(C)C.CC[C@H](C)[C@@H]([C@@H](CC(=O)N1CCC[C@H]1[C@H](OC)[C@@H](C)C(=O)N[C@H](C)[C@@H](O)c1ccccc1)OC)N(C)C(=O)[C@@H](NC(=O)[C@@H](NC)C(C)C)C(C)C. The molecule has 584 valence electrons. The van der Waals surface area contributed by atoms with Gasteiger partial charge in [-0.15, -0.1) is 0 Å². The van der Waals surface area contributed by atoms with E-state index in [2.05, 4.69) is 31.9 Å². The number of carboxylic acids is 1. The number of ether oxygens (including phenoxy) is 4. The molecule has 0 aliphatic carbocycles. The molecule has 2 aromatic rings. The first-order chi connectivity index (χ1) is 48.6. The Kier molecular flexibility index (Phi) is 39.0. The van der Waals surface area contributed by atoms with E-state index < -0.39 is 109 Å². The Morgan fingerprint density at radius 3 is 1.18 bits per heavy atom. The van der Waals surface area contributed by atoms with Gasteiger partial charge in [0.15, 0.2) is 0 Å². The van der Waals surface area contributed by atoms with Crippen LogP contribution in [0.2, 0.25) is 0 Å². The van der Waals surface area contributed by atoms with Crippen molar-refractivity contribution < 1.29 is 72.3 Å². The Balaban J connectivity index is 0.000000535. The summed E-state index contributed by atoms with van der Waals surface area (Å²) in [5.74, 6) is -4.89. The molecule has 0 radical (unpaired) electrons. The van der Waals surface area contributed by atoms with Crippen LogP contribution in [0, 0.1) is 47.3 Å². The molecule has 0 spiro atoms. The van der Waals surface area contributed by atoms with Crippen LogP contribution in [-0.4, -0.2) is 238 Å². The number of hydrogen-bond donors (Lipinski definition) is 8. The van der Waals surface area contributed by atoms with Gasteiger partial charge in [0.25, 0.3) is 0 Å². The summed E-state index contributed by atoms with van der Waals surface area (Å²) in [5.41, 5.74) is 1.50. The summed E-state index contributed by atoms with van der Waals surface area (Å²) in [5, 5.41) is 38.3. The molecule has 19 atom stereocenters. The highest BCUT2D eigenvalue weighted by Crippen LogP contribution is 2.33. The summed E-state index contributed by atoms with van der Waals surface area (Å²) in [6, 6.07) is 12.5. The van der Waals surface area contributed by atoms with Crippen LogP contribution in [0.3, 0.4) is 0 Å². The molecular formula is C78H132N10O15. The van der Waals surface area contributed by atoms with Crippen molar-refractivity contribution in [3.63, 3.8) is 0 Å². The number of nitrogens with one attached hydrogen (secondary N) is 6. The zero-order valence-electron chi connectivity index (χ0n) is 66.3. The van der Waals surface area contributed by atoms with Gasteiger partial charge >= 0.3 is 5.97 Å². The molecule has 25 nitrogen and oxygen atoms in total. The molecule has 0 unspecified atom stereocenters. The van der Waals surface area contributed by atoms with E-state index in [0.29, 0.717) is 37.9 Å². The van der Waals surface area contributed by atoms with Gasteiger partial charge < -0.3 is 80.7 Å². The van der Waals surface area contributed by atoms with Crippen LogP contribution in [0.4, 0.5) is 0 Å². The molecule has 4 rings (SSSR count). The predicted octanol–water partition coefficient (Wildman–Crippen LogP) is 6.63. The minimum atomic E-state index is -1.14. The normalized spacial score (nSPS) is 19.7. The highest BCUT2D eigenvalue weighted by molar-refractivity contribution is 5.91. The number of likely N-dealkylation sites (N-methyl/N-ethyl adjacent to an activating group) is 4. The lowest BCUT2D eigenvalue weighted by Gasteiger charge is -2.41. The molecule has 25 heteroatoms. The Bertz CT molecular complexity index is 2950. The third-order valence-corrected chi connectivity index (χ3v) is 21.4. The van der Waals surface area contributed by atoms with E-state index in [-0.39, 0.29) is 102 Å². The number of hydrogen-bond acceptors (Lipinski definition) is 16. The number of carbonyl (C=O) groups excluding carboxylic acids is 8. The molecule has 2 aliphatic heterocycles. The highest BCUT2D eigenvalue weighted by Gasteiger charge is 2.46. The molecule has 2 heterocycles. The van der Waals surface area contributed by atoms with Crippen molar-refractivity contribution in [2.45, 2.75) is 253 Å². The van der Waals surface area contributed by atoms with E-state index in [1.807, 2.05) is 144 Å². The van der Waals surface area contributed by atoms with E-state index in [9.17, 15) is 53.4 Å². The van der Waals surface area contributed by atoms with Gasteiger partial charge in [0.2, 0.25) is 47.3 Å². The minimum Gasteiger partial charge on any atom is -0.480 e. The Morgan fingerprint density at radius 1 is 0.505 bits per heavy atom. The second-order valence-electron chi connectivity index (χ2n) is 29.9. The van der Waals surface area contributed by atoms with Crippen LogP contribution in [0.15, 0.2) is 60.7 Å². The molecule has 0 aromatic heterocycles. The molecular weight excluding hydrogens is 1320 g/mol. The fourth-order valence-electron chi connectivity index (χ4n) is 14.8. The number of benzene rings is 2. The van der Waals surface area contributed by atoms with Crippen LogP contribution in [0.5, 0.6) is 0 Å². The second-order valence-corrected chi connectivity index (χ2v) is 29.9. The first kappa shape index (κ1) is 90.6. The van der Waals surface area contributed by atoms with Crippen molar-refractivity contribution in [3.05, 3.63) is 71.8 Å². The highest BCUT2D eigenvalue weighted by atomic mass is 16.5. The van der Waals surface area contributed by atoms with Gasteiger partial charge in [0.1, 0.15) is 18.1 Å². The molecule has 2 saturated heterocycles. The number of aliphatic hydroxyl groups is 1. The van der Waals surface area contributed by atoms with Gasteiger partial charge in [0.05, 0.1) is 97.5 Å². The van der Waals surface area contributed by atoms with Crippen molar-refractivity contribution >= 4 is 53.2 Å². The number of methoxy groups -OCH3 is 4. The number of nitrogens with zero attached hydrogens (tertiary/aromatic N) is 4. The zero-order valence-corrected chi connectivity index (χ0v) is 66.3. The number of aliphatic hydroxyl groups excluding tert-OH is 1. The molecule has 103 heavy (non-hydrogen) atoms. The van der Waals surface area contributed by atoms with E-state index in [1.54, 1.807) is 82.8 Å². The standard InChI is InChI=1S/C39H65N5O8.C39H67N5O7/c1-12-25(6)34(43(9)38(48)33(24(4)5)42-37(47)32(40-8)23(2)3)30(51-10)22-31(45)44-20-16-19-29(44)35(52-11)26(7)36(46)41-28(39(49)50)21-27-17-14-13-15-18-27;1-13-25(6)34(43(10)39(49)33(24(4)5)42-38(48)32(40-9)23(2)3)30(50-11)22-31(45)44-21-17-20-29(44)36(51-12)26(7)37(47)41-27(8)35(46)28-18-15-14-16-19-28/h13-15,17-18,23-26,28-30,32-35,40H,12,16,19-22H2,1-11H3,(H,41,46)(H,42,47)(H,49,50);14-16,18-19,23-27,29-30,32-36,40,46H,13,17,20-22H2,1-12H3,(H,41,47)(H,42,48)/t25-,26+,28-,29-,30+,32-,33-,34-,35+;25-,26+,27+,29-,30+,32-,33-,34-,35+,36+/m00/s1. The van der Waals surface area contributed by atoms with E-state index in [0.717, 1.165) is 24.8 Å². The van der Waals surface area contributed by atoms with Crippen LogP contribution < -0.4 is 31.9 Å². The number of rotatable bonds is 41. The number of carboxylic acid groups (broad SMARTS) is 1. The first-order valence-electron chi connectivity index (χ1n) is 37.4. The van der Waals surface area contributed by atoms with Crippen molar-refractivity contribution in [1.82, 2.24) is 51.5 Å². The van der Waals surface area contributed by atoms with Gasteiger partial charge in [-0.25, -0.2) is 4.79 Å². The number of likely N-dealkylation sites (tertiary alicyclic amines) is 2. The molecule has 2 fully saturated rings. The lowest BCUT2D eigenvalue weighted by atomic mass is 9.89. The average molecular weight is 1450 g/mol. The summed E-state index contributed by atoms with van der Waals surface area (Å²) < 4.78 is 23.7. The Hall–Kier alpha value is -6.61. The number of aliphatic carboxylic acids is 1. The van der Waals surface area contributed by atoms with Crippen LogP contribution >= 0.6 is 0 Å². The predicted molar refractivity (Wildman–Crippen MR) is 400 cm³/mol. The summed E-state index contributed by atoms with van der Waals surface area (Å²) in [6.45, 7) is 29.7. The fourth-order valence-corrected chi connectivity index (χ4v) is 14.8. The van der Waals surface area contributed by atoms with Crippen LogP contribution in [-0.2, 0) is 68.5 Å². The van der Waals surface area contributed by atoms with Gasteiger partial charge in [-0.3, -0.25) is 38.4 Å². The molecule has 8 amide bonds. The largest absolute Gasteiger partial charge is 0.480 e. The third-order valence-electron chi connectivity index (χ3n) is 21.4. The van der Waals surface area contributed by atoms with Gasteiger partial charge in [-0.1, -0.05) is 170 Å². The maximum Gasteiger partial charge on any atom is 0.326 e. The Labute approximate surface area is 615 Å². The topological polar surface area (TPSA) is 316 Å². The summed E-state index contributed by atoms with van der Waals surface area (Å²) in [4.78, 5) is 129. The van der Waals surface area contributed by atoms with E-state index in [1.165, 1.54) is 14.2 Å². The van der Waals surface area contributed by atoms with Crippen molar-refractivity contribution in [3.8, 4) is 0 Å². The second kappa shape index (κ2) is 44.4. The van der Waals surface area contributed by atoms with Gasteiger partial charge in [-0.2, -0.15) is 0 Å². The Morgan fingerprint density at radius 2 is 0.864 bits per heavy atom. The summed E-state index contributed by atoms with van der Waals surface area (Å²) in [6.07, 6.45) is 0.966. The molecule has 0 bridgehead atoms. The van der Waals surface area contributed by atoms with E-state index in [4.69, 9.17) is 18.9 Å². The van der Waals surface area contributed by atoms with Gasteiger partial charge in [0, 0.05) is 62.0 Å². The van der Waals surface area contributed by atoms with Crippen LogP contribution in [0.25, 0.3) is 0 Å². The lowest BCUT2D eigenvalue weighted by molar-refractivity contribution is -0.148. The summed E-state index contributed by atoms with van der Waals surface area (Å²) in [7, 11) is 13.0. The zero-order chi connectivity index (χ0) is 77.9. The number of amides is 8. The van der Waals surface area contributed by atoms with Crippen molar-refractivity contribution in [2.24, 2.45) is 47.3 Å². The smallest absolute Gasteiger partial charge is 0.326 e. The molecule has 0 saturated carbocycles. The van der Waals surface area contributed by atoms with Crippen LogP contribution in [0.1, 0.15) is 172 Å². The maximum absolute atomic E-state index is 14.1. The lowest BCUT2D eigenvalue weighted by Crippen LogP contribution is -2.59. The monoisotopic (exact) mass is 1450 g/mol. The minimum absolute atomic E-state index is 0.0112. The first-order valence-corrected chi connectivity index (χ1v) is 37.4. The summed E-state index contributed by atoms with van der Waals surface area (Å²) >= 11 is 0. The molecule has 2 aliphatic rings. The van der Waals surface area contributed by atoms with Gasteiger partial charge in [-0.05, 0) is 93.3 Å². The van der Waals surface area contributed by atoms with Crippen molar-refractivity contribution in [1.29, 1.82) is 0 Å². The molecule has 8 N–H and O–H groups in total. The van der Waals surface area contributed by atoms with Crippen molar-refractivity contribution in [2.75, 3.05) is 69.7 Å². The maximum atomic E-state index is 14.1.